The molecule has 0 amide bonds. The minimum Gasteiger partial charge on any atom is -0.508 e. The van der Waals surface area contributed by atoms with E-state index in [1.807, 2.05) is 24.3 Å². The van der Waals surface area contributed by atoms with Crippen molar-refractivity contribution in [2.75, 3.05) is 0 Å². The molecule has 0 aliphatic heterocycles. The Morgan fingerprint density at radius 1 is 1.31 bits per heavy atom. The van der Waals surface area contributed by atoms with E-state index in [4.69, 9.17) is 0 Å². The zero-order valence-electron chi connectivity index (χ0n) is 7.49. The van der Waals surface area contributed by atoms with Gasteiger partial charge in [0.1, 0.15) is 5.76 Å². The summed E-state index contributed by atoms with van der Waals surface area (Å²) < 4.78 is 0. The highest BCUT2D eigenvalue weighted by atomic mass is 16.3. The molecule has 2 nitrogen and oxygen atoms in total. The van der Waals surface area contributed by atoms with E-state index in [9.17, 15) is 10.2 Å². The SMILES string of the molecule is CC1(O)CC=C(O)c2ccccc21. The Bertz CT molecular complexity index is 364. The van der Waals surface area contributed by atoms with E-state index < -0.39 is 5.60 Å². The molecule has 2 N–H and O–H groups in total. The molecule has 0 aromatic heterocycles. The lowest BCUT2D eigenvalue weighted by molar-refractivity contribution is 0.0578. The van der Waals surface area contributed by atoms with E-state index in [0.29, 0.717) is 6.42 Å². The fourth-order valence-electron chi connectivity index (χ4n) is 1.69. The maximum Gasteiger partial charge on any atom is 0.119 e. The van der Waals surface area contributed by atoms with E-state index in [-0.39, 0.29) is 5.76 Å². The molecular weight excluding hydrogens is 164 g/mol. The van der Waals surface area contributed by atoms with Crippen LogP contribution in [0.4, 0.5) is 0 Å². The van der Waals surface area contributed by atoms with Gasteiger partial charge in [-0.15, -0.1) is 0 Å². The Labute approximate surface area is 77.1 Å². The van der Waals surface area contributed by atoms with Gasteiger partial charge >= 0.3 is 0 Å². The monoisotopic (exact) mass is 176 g/mol. The zero-order valence-corrected chi connectivity index (χ0v) is 7.49. The fourth-order valence-corrected chi connectivity index (χ4v) is 1.69. The maximum absolute atomic E-state index is 9.99. The number of hydrogen-bond donors (Lipinski definition) is 2. The van der Waals surface area contributed by atoms with Crippen LogP contribution in [0.25, 0.3) is 5.76 Å². The standard InChI is InChI=1S/C11H12O2/c1-11(13)7-6-10(12)8-4-2-3-5-9(8)11/h2-6,12-13H,7H2,1H3. The second kappa shape index (κ2) is 2.60. The highest BCUT2D eigenvalue weighted by molar-refractivity contribution is 5.65. The van der Waals surface area contributed by atoms with Crippen LogP contribution in [0.3, 0.4) is 0 Å². The molecule has 0 saturated carbocycles. The van der Waals surface area contributed by atoms with Gasteiger partial charge in [-0.3, -0.25) is 0 Å². The maximum atomic E-state index is 9.99. The summed E-state index contributed by atoms with van der Waals surface area (Å²) in [7, 11) is 0. The van der Waals surface area contributed by atoms with Crippen LogP contribution in [0.1, 0.15) is 24.5 Å². The number of aliphatic hydroxyl groups excluding tert-OH is 1. The van der Waals surface area contributed by atoms with Gasteiger partial charge in [0.05, 0.1) is 5.60 Å². The van der Waals surface area contributed by atoms with E-state index >= 15 is 0 Å². The van der Waals surface area contributed by atoms with Gasteiger partial charge in [0.2, 0.25) is 0 Å². The summed E-state index contributed by atoms with van der Waals surface area (Å²) in [4.78, 5) is 0. The van der Waals surface area contributed by atoms with Gasteiger partial charge < -0.3 is 10.2 Å². The summed E-state index contributed by atoms with van der Waals surface area (Å²) in [6.07, 6.45) is 2.12. The molecule has 1 aliphatic carbocycles. The van der Waals surface area contributed by atoms with Crippen molar-refractivity contribution in [1.29, 1.82) is 0 Å². The fraction of sp³-hybridized carbons (Fsp3) is 0.273. The highest BCUT2D eigenvalue weighted by Gasteiger charge is 2.29. The molecule has 1 aromatic carbocycles. The van der Waals surface area contributed by atoms with Crippen LogP contribution in [0.15, 0.2) is 30.3 Å². The third-order valence-electron chi connectivity index (χ3n) is 2.48. The Morgan fingerprint density at radius 2 is 2.00 bits per heavy atom. The first-order chi connectivity index (χ1) is 6.11. The Morgan fingerprint density at radius 3 is 2.69 bits per heavy atom. The van der Waals surface area contributed by atoms with Crippen molar-refractivity contribution in [3.05, 3.63) is 41.5 Å². The topological polar surface area (TPSA) is 40.5 Å². The van der Waals surface area contributed by atoms with Crippen LogP contribution in [-0.4, -0.2) is 10.2 Å². The summed E-state index contributed by atoms with van der Waals surface area (Å²) >= 11 is 0. The second-order valence-corrected chi connectivity index (χ2v) is 3.61. The van der Waals surface area contributed by atoms with Gasteiger partial charge in [-0.1, -0.05) is 24.3 Å². The largest absolute Gasteiger partial charge is 0.508 e. The van der Waals surface area contributed by atoms with Crippen molar-refractivity contribution in [2.24, 2.45) is 0 Å². The predicted octanol–water partition coefficient (Wildman–Crippen LogP) is 2.20. The predicted molar refractivity (Wildman–Crippen MR) is 51.2 cm³/mol. The van der Waals surface area contributed by atoms with E-state index in [0.717, 1.165) is 11.1 Å². The number of fused-ring (bicyclic) bond motifs is 1. The molecule has 0 fully saturated rings. The Hall–Kier alpha value is -1.28. The van der Waals surface area contributed by atoms with E-state index in [1.165, 1.54) is 0 Å². The summed E-state index contributed by atoms with van der Waals surface area (Å²) in [5, 5.41) is 19.5. The lowest BCUT2D eigenvalue weighted by Gasteiger charge is -2.28. The average Bonchev–Trinajstić information content (AvgIpc) is 2.13. The molecule has 2 rings (SSSR count). The van der Waals surface area contributed by atoms with Crippen molar-refractivity contribution in [3.63, 3.8) is 0 Å². The summed E-state index contributed by atoms with van der Waals surface area (Å²) in [5.41, 5.74) is 0.691. The van der Waals surface area contributed by atoms with E-state index in [1.54, 1.807) is 13.0 Å². The molecule has 1 aliphatic rings. The van der Waals surface area contributed by atoms with Gasteiger partial charge in [0.15, 0.2) is 0 Å². The number of benzene rings is 1. The first kappa shape index (κ1) is 8.32. The lowest BCUT2D eigenvalue weighted by atomic mass is 9.84. The summed E-state index contributed by atoms with van der Waals surface area (Å²) in [5.74, 6) is 0.266. The van der Waals surface area contributed by atoms with E-state index in [2.05, 4.69) is 0 Å². The van der Waals surface area contributed by atoms with Gasteiger partial charge in [-0.25, -0.2) is 0 Å². The molecule has 0 bridgehead atoms. The molecule has 0 spiro atoms. The lowest BCUT2D eigenvalue weighted by Crippen LogP contribution is -2.24. The van der Waals surface area contributed by atoms with Crippen LogP contribution in [0.5, 0.6) is 0 Å². The molecule has 13 heavy (non-hydrogen) atoms. The molecule has 68 valence electrons. The van der Waals surface area contributed by atoms with Gasteiger partial charge in [-0.05, 0) is 18.6 Å². The molecule has 0 saturated heterocycles. The van der Waals surface area contributed by atoms with Crippen LogP contribution < -0.4 is 0 Å². The average molecular weight is 176 g/mol. The second-order valence-electron chi connectivity index (χ2n) is 3.61. The number of aliphatic hydroxyl groups is 2. The molecule has 2 heteroatoms. The van der Waals surface area contributed by atoms with Crippen LogP contribution >= 0.6 is 0 Å². The van der Waals surface area contributed by atoms with Crippen molar-refractivity contribution in [3.8, 4) is 0 Å². The number of rotatable bonds is 0. The van der Waals surface area contributed by atoms with Crippen LogP contribution in [-0.2, 0) is 5.60 Å². The third-order valence-corrected chi connectivity index (χ3v) is 2.48. The summed E-state index contributed by atoms with van der Waals surface area (Å²) in [6.45, 7) is 1.76. The number of hydrogen-bond acceptors (Lipinski definition) is 2. The van der Waals surface area contributed by atoms with Crippen molar-refractivity contribution >= 4 is 5.76 Å². The normalized spacial score (nSPS) is 26.5. The minimum absolute atomic E-state index is 0.266. The smallest absolute Gasteiger partial charge is 0.119 e. The van der Waals surface area contributed by atoms with Crippen molar-refractivity contribution < 1.29 is 10.2 Å². The van der Waals surface area contributed by atoms with Crippen LogP contribution in [0.2, 0.25) is 0 Å². The molecule has 0 radical (unpaired) electrons. The quantitative estimate of drug-likeness (QED) is 0.636. The molecule has 1 atom stereocenters. The van der Waals surface area contributed by atoms with Gasteiger partial charge in [-0.2, -0.15) is 0 Å². The van der Waals surface area contributed by atoms with Crippen LogP contribution in [0, 0.1) is 0 Å². The zero-order chi connectivity index (χ0) is 9.47. The van der Waals surface area contributed by atoms with Crippen molar-refractivity contribution in [1.82, 2.24) is 0 Å². The highest BCUT2D eigenvalue weighted by Crippen LogP contribution is 2.35. The van der Waals surface area contributed by atoms with Gasteiger partial charge in [0, 0.05) is 12.0 Å². The van der Waals surface area contributed by atoms with Crippen molar-refractivity contribution in [2.45, 2.75) is 18.9 Å². The van der Waals surface area contributed by atoms with Gasteiger partial charge in [0.25, 0.3) is 0 Å². The first-order valence-corrected chi connectivity index (χ1v) is 4.33. The Kier molecular flexibility index (Phi) is 1.67. The molecule has 0 heterocycles. The minimum atomic E-state index is -0.844. The molecular formula is C11H12O2. The first-order valence-electron chi connectivity index (χ1n) is 4.33. The third kappa shape index (κ3) is 1.23. The Balaban J connectivity index is 2.64. The molecule has 1 aromatic rings. The molecule has 1 unspecified atom stereocenters. The summed E-state index contributed by atoms with van der Waals surface area (Å²) in [6, 6.07) is 7.38.